The Morgan fingerprint density at radius 1 is 1.03 bits per heavy atom. The average Bonchev–Trinajstić information content (AvgIpc) is 3.42. The van der Waals surface area contributed by atoms with Crippen LogP contribution in [0.2, 0.25) is 0 Å². The van der Waals surface area contributed by atoms with Crippen molar-refractivity contribution in [2.45, 2.75) is 13.0 Å². The third kappa shape index (κ3) is 4.66. The minimum absolute atomic E-state index is 0.577. The summed E-state index contributed by atoms with van der Waals surface area (Å²) in [6, 6.07) is 24.5. The van der Waals surface area contributed by atoms with Gasteiger partial charge in [0.25, 0.3) is 0 Å². The van der Waals surface area contributed by atoms with E-state index in [1.54, 1.807) is 11.3 Å². The number of rotatable bonds is 9. The lowest BCUT2D eigenvalue weighted by Crippen LogP contribution is -2.08. The summed E-state index contributed by atoms with van der Waals surface area (Å²) >= 11 is 1.59. The third-order valence-electron chi connectivity index (χ3n) is 5.40. The highest BCUT2D eigenvalue weighted by Gasteiger charge is 2.08. The van der Waals surface area contributed by atoms with Crippen LogP contribution in [0.25, 0.3) is 21.1 Å². The number of allylic oxidation sites excluding steroid dienone is 1. The fourth-order valence-electron chi connectivity index (χ4n) is 3.86. The van der Waals surface area contributed by atoms with Gasteiger partial charge in [-0.3, -0.25) is 5.43 Å². The fourth-order valence-corrected chi connectivity index (χ4v) is 4.68. The quantitative estimate of drug-likeness (QED) is 0.158. The number of hydrogen-bond donors (Lipinski definition) is 1. The second-order valence-corrected chi connectivity index (χ2v) is 8.63. The lowest BCUT2D eigenvalue weighted by molar-refractivity contribution is 0.298. The molecule has 0 unspecified atom stereocenters. The molecule has 0 aliphatic carbocycles. The topological polar surface area (TPSA) is 51.4 Å². The van der Waals surface area contributed by atoms with Crippen molar-refractivity contribution in [2.75, 3.05) is 12.0 Å². The van der Waals surface area contributed by atoms with Crippen LogP contribution >= 0.6 is 11.3 Å². The normalized spacial score (nSPS) is 11.4. The van der Waals surface area contributed by atoms with E-state index in [0.717, 1.165) is 56.1 Å². The summed E-state index contributed by atoms with van der Waals surface area (Å²) in [4.78, 5) is 4.57. The van der Waals surface area contributed by atoms with Gasteiger partial charge in [-0.15, -0.1) is 6.58 Å². The summed E-state index contributed by atoms with van der Waals surface area (Å²) in [5.41, 5.74) is 7.41. The Kier molecular flexibility index (Phi) is 6.17. The van der Waals surface area contributed by atoms with Crippen molar-refractivity contribution >= 4 is 43.8 Å². The van der Waals surface area contributed by atoms with Crippen LogP contribution in [0, 0.1) is 0 Å². The standard InChI is InChI=1S/C27H24N4OS/c1-2-9-20-10-3-7-14-25(20)32-17-16-31-19-21(22-11-4-6-13-24(22)31)18-28-30-27-29-23-12-5-8-15-26(23)33-27/h2-8,10-15,18-19H,1,9,16-17H2,(H,29,30)/b28-18+. The van der Waals surface area contributed by atoms with Gasteiger partial charge in [-0.25, -0.2) is 4.98 Å². The molecule has 33 heavy (non-hydrogen) atoms. The van der Waals surface area contributed by atoms with Crippen LogP contribution in [0.5, 0.6) is 5.75 Å². The molecule has 5 rings (SSSR count). The van der Waals surface area contributed by atoms with Gasteiger partial charge in [0.2, 0.25) is 5.13 Å². The summed E-state index contributed by atoms with van der Waals surface area (Å²) in [6.07, 6.45) is 6.67. The molecule has 0 saturated heterocycles. The molecule has 164 valence electrons. The molecule has 5 aromatic rings. The number of ether oxygens (including phenoxy) is 1. The zero-order valence-electron chi connectivity index (χ0n) is 18.1. The van der Waals surface area contributed by atoms with E-state index in [1.165, 1.54) is 0 Å². The van der Waals surface area contributed by atoms with Gasteiger partial charge in [0, 0.05) is 22.7 Å². The number of aromatic nitrogens is 2. The number of nitrogens with zero attached hydrogens (tertiary/aromatic N) is 3. The van der Waals surface area contributed by atoms with Crippen molar-refractivity contribution in [2.24, 2.45) is 5.10 Å². The number of nitrogens with one attached hydrogen (secondary N) is 1. The molecule has 0 fully saturated rings. The summed E-state index contributed by atoms with van der Waals surface area (Å²) in [5, 5.41) is 6.38. The molecule has 0 bridgehead atoms. The van der Waals surface area contributed by atoms with Gasteiger partial charge in [0.05, 0.1) is 23.0 Å². The Labute approximate surface area is 196 Å². The lowest BCUT2D eigenvalue weighted by Gasteiger charge is -2.11. The SMILES string of the molecule is C=CCc1ccccc1OCCn1cc(/C=N/Nc2nc3ccccc3s2)c2ccccc21. The van der Waals surface area contributed by atoms with Gasteiger partial charge >= 0.3 is 0 Å². The molecule has 3 aromatic carbocycles. The van der Waals surface area contributed by atoms with Crippen LogP contribution in [0.4, 0.5) is 5.13 Å². The van der Waals surface area contributed by atoms with E-state index in [-0.39, 0.29) is 0 Å². The highest BCUT2D eigenvalue weighted by molar-refractivity contribution is 7.22. The molecular formula is C27H24N4OS. The molecule has 0 saturated carbocycles. The summed E-state index contributed by atoms with van der Waals surface area (Å²) in [6.45, 7) is 5.15. The fraction of sp³-hybridized carbons (Fsp3) is 0.111. The minimum atomic E-state index is 0.577. The van der Waals surface area contributed by atoms with Gasteiger partial charge in [-0.05, 0) is 36.2 Å². The van der Waals surface area contributed by atoms with Gasteiger partial charge in [-0.2, -0.15) is 5.10 Å². The van der Waals surface area contributed by atoms with Crippen molar-refractivity contribution < 1.29 is 4.74 Å². The van der Waals surface area contributed by atoms with E-state index in [0.29, 0.717) is 6.61 Å². The number of thiazole rings is 1. The highest BCUT2D eigenvalue weighted by atomic mass is 32.1. The Morgan fingerprint density at radius 2 is 1.85 bits per heavy atom. The van der Waals surface area contributed by atoms with E-state index in [9.17, 15) is 0 Å². The Morgan fingerprint density at radius 3 is 2.76 bits per heavy atom. The van der Waals surface area contributed by atoms with E-state index >= 15 is 0 Å². The van der Waals surface area contributed by atoms with E-state index in [4.69, 9.17) is 4.74 Å². The molecule has 5 nitrogen and oxygen atoms in total. The van der Waals surface area contributed by atoms with Crippen molar-refractivity contribution in [3.8, 4) is 5.75 Å². The second-order valence-electron chi connectivity index (χ2n) is 7.60. The van der Waals surface area contributed by atoms with Crippen molar-refractivity contribution in [3.63, 3.8) is 0 Å². The van der Waals surface area contributed by atoms with Crippen molar-refractivity contribution in [1.82, 2.24) is 9.55 Å². The summed E-state index contributed by atoms with van der Waals surface area (Å²) in [7, 11) is 0. The lowest BCUT2D eigenvalue weighted by atomic mass is 10.1. The summed E-state index contributed by atoms with van der Waals surface area (Å²) in [5.74, 6) is 0.913. The molecule has 0 atom stereocenters. The number of fused-ring (bicyclic) bond motifs is 2. The average molecular weight is 453 g/mol. The third-order valence-corrected chi connectivity index (χ3v) is 6.34. The second kappa shape index (κ2) is 9.71. The van der Waals surface area contributed by atoms with Crippen LogP contribution in [-0.2, 0) is 13.0 Å². The largest absolute Gasteiger partial charge is 0.491 e. The number of benzene rings is 3. The van der Waals surface area contributed by atoms with Crippen LogP contribution < -0.4 is 10.2 Å². The smallest absolute Gasteiger partial charge is 0.204 e. The molecule has 0 amide bonds. The Bertz CT molecular complexity index is 1400. The molecule has 0 radical (unpaired) electrons. The molecule has 0 spiro atoms. The van der Waals surface area contributed by atoms with Gasteiger partial charge in [-0.1, -0.05) is 65.9 Å². The van der Waals surface area contributed by atoms with Gasteiger partial charge < -0.3 is 9.30 Å². The zero-order valence-corrected chi connectivity index (χ0v) is 19.0. The molecule has 0 aliphatic heterocycles. The molecule has 6 heteroatoms. The predicted octanol–water partition coefficient (Wildman–Crippen LogP) is 6.50. The van der Waals surface area contributed by atoms with Crippen LogP contribution in [0.3, 0.4) is 0 Å². The number of para-hydroxylation sites is 3. The maximum atomic E-state index is 6.10. The number of hydrazone groups is 1. The first-order valence-corrected chi connectivity index (χ1v) is 11.7. The first-order valence-electron chi connectivity index (χ1n) is 10.9. The highest BCUT2D eigenvalue weighted by Crippen LogP contribution is 2.26. The molecular weight excluding hydrogens is 428 g/mol. The van der Waals surface area contributed by atoms with Crippen molar-refractivity contribution in [3.05, 3.63) is 103 Å². The van der Waals surface area contributed by atoms with Crippen LogP contribution in [0.15, 0.2) is 96.7 Å². The first-order chi connectivity index (χ1) is 16.3. The molecule has 1 N–H and O–H groups in total. The number of hydrogen-bond acceptors (Lipinski definition) is 5. The minimum Gasteiger partial charge on any atom is -0.491 e. The molecule has 2 aromatic heterocycles. The first kappa shape index (κ1) is 21.0. The van der Waals surface area contributed by atoms with E-state index in [1.807, 2.05) is 54.8 Å². The maximum Gasteiger partial charge on any atom is 0.204 e. The zero-order chi connectivity index (χ0) is 22.5. The van der Waals surface area contributed by atoms with Crippen LogP contribution in [-0.4, -0.2) is 22.4 Å². The van der Waals surface area contributed by atoms with E-state index in [2.05, 4.69) is 63.2 Å². The van der Waals surface area contributed by atoms with Gasteiger partial charge in [0.1, 0.15) is 12.4 Å². The monoisotopic (exact) mass is 452 g/mol. The van der Waals surface area contributed by atoms with Gasteiger partial charge in [0.15, 0.2) is 0 Å². The Balaban J connectivity index is 1.30. The molecule has 0 aliphatic rings. The predicted molar refractivity (Wildman–Crippen MR) is 139 cm³/mol. The molecule has 2 heterocycles. The number of anilines is 1. The van der Waals surface area contributed by atoms with Crippen molar-refractivity contribution in [1.29, 1.82) is 0 Å². The van der Waals surface area contributed by atoms with Crippen LogP contribution in [0.1, 0.15) is 11.1 Å². The van der Waals surface area contributed by atoms with E-state index < -0.39 is 0 Å². The maximum absolute atomic E-state index is 6.10. The Hall–Kier alpha value is -3.90. The summed E-state index contributed by atoms with van der Waals surface area (Å²) < 4.78 is 9.45.